The molecule has 0 aliphatic carbocycles. The molecule has 1 aromatic rings. The summed E-state index contributed by atoms with van der Waals surface area (Å²) in [5.74, 6) is 2.04. The van der Waals surface area contributed by atoms with E-state index in [0.717, 1.165) is 43.0 Å². The molecule has 5 heteroatoms. The summed E-state index contributed by atoms with van der Waals surface area (Å²) >= 11 is 0. The lowest BCUT2D eigenvalue weighted by atomic mass is 9.87. The van der Waals surface area contributed by atoms with Gasteiger partial charge in [0, 0.05) is 36.7 Å². The van der Waals surface area contributed by atoms with E-state index >= 15 is 0 Å². The van der Waals surface area contributed by atoms with Gasteiger partial charge in [-0.2, -0.15) is 5.10 Å². The molecule has 5 nitrogen and oxygen atoms in total. The standard InChI is InChI=1S/C16H23N3O2/c1-3-9-21-16-11(5-4-6-14(16)20-2)15-12-10-17-8-7-13(12)18-19-15/h4-6,12,15,17,19H,3,7-10H2,1-2H3. The number of hydrazone groups is 1. The first kappa shape index (κ1) is 14.2. The van der Waals surface area contributed by atoms with E-state index in [9.17, 15) is 0 Å². The Morgan fingerprint density at radius 2 is 2.29 bits per heavy atom. The summed E-state index contributed by atoms with van der Waals surface area (Å²) in [5.41, 5.74) is 5.70. The van der Waals surface area contributed by atoms with Crippen molar-refractivity contribution in [2.45, 2.75) is 25.8 Å². The molecule has 0 spiro atoms. The zero-order valence-electron chi connectivity index (χ0n) is 12.7. The Hall–Kier alpha value is -1.75. The second kappa shape index (κ2) is 6.35. The van der Waals surface area contributed by atoms with Gasteiger partial charge >= 0.3 is 0 Å². The molecule has 0 radical (unpaired) electrons. The van der Waals surface area contributed by atoms with Gasteiger partial charge in [-0.05, 0) is 12.5 Å². The average molecular weight is 289 g/mol. The van der Waals surface area contributed by atoms with Crippen molar-refractivity contribution in [1.29, 1.82) is 0 Å². The van der Waals surface area contributed by atoms with Crippen molar-refractivity contribution >= 4 is 5.71 Å². The van der Waals surface area contributed by atoms with Crippen LogP contribution in [0.5, 0.6) is 11.5 Å². The Morgan fingerprint density at radius 1 is 1.38 bits per heavy atom. The molecule has 2 atom stereocenters. The van der Waals surface area contributed by atoms with Crippen molar-refractivity contribution in [1.82, 2.24) is 10.7 Å². The number of benzene rings is 1. The van der Waals surface area contributed by atoms with Gasteiger partial charge in [0.1, 0.15) is 0 Å². The first-order chi connectivity index (χ1) is 10.3. The Kier molecular flexibility index (Phi) is 4.29. The quantitative estimate of drug-likeness (QED) is 0.871. The van der Waals surface area contributed by atoms with Crippen molar-refractivity contribution in [3.63, 3.8) is 0 Å². The number of rotatable bonds is 5. The average Bonchev–Trinajstić information content (AvgIpc) is 2.96. The summed E-state index contributed by atoms with van der Waals surface area (Å²) in [6, 6.07) is 6.24. The molecule has 1 aromatic carbocycles. The highest BCUT2D eigenvalue weighted by atomic mass is 16.5. The minimum absolute atomic E-state index is 0.162. The molecule has 21 heavy (non-hydrogen) atoms. The maximum absolute atomic E-state index is 5.96. The van der Waals surface area contributed by atoms with Crippen molar-refractivity contribution in [3.8, 4) is 11.5 Å². The highest BCUT2D eigenvalue weighted by Crippen LogP contribution is 2.40. The van der Waals surface area contributed by atoms with Crippen LogP contribution in [0.2, 0.25) is 0 Å². The Labute approximate surface area is 125 Å². The topological polar surface area (TPSA) is 54.9 Å². The maximum atomic E-state index is 5.96. The molecule has 0 bridgehead atoms. The molecular weight excluding hydrogens is 266 g/mol. The molecular formula is C16H23N3O2. The smallest absolute Gasteiger partial charge is 0.166 e. The summed E-state index contributed by atoms with van der Waals surface area (Å²) in [5, 5.41) is 7.98. The molecule has 2 aliphatic rings. The Morgan fingerprint density at radius 3 is 3.10 bits per heavy atom. The molecule has 1 fully saturated rings. The largest absolute Gasteiger partial charge is 0.493 e. The van der Waals surface area contributed by atoms with Gasteiger partial charge in [-0.15, -0.1) is 0 Å². The van der Waals surface area contributed by atoms with Crippen LogP contribution in [0.3, 0.4) is 0 Å². The first-order valence-corrected chi connectivity index (χ1v) is 7.67. The zero-order chi connectivity index (χ0) is 14.7. The first-order valence-electron chi connectivity index (χ1n) is 7.67. The van der Waals surface area contributed by atoms with Crippen LogP contribution in [0.15, 0.2) is 23.3 Å². The fourth-order valence-corrected chi connectivity index (χ4v) is 3.05. The maximum Gasteiger partial charge on any atom is 0.166 e. The van der Waals surface area contributed by atoms with Crippen molar-refractivity contribution in [2.24, 2.45) is 11.0 Å². The lowest BCUT2D eigenvalue weighted by Gasteiger charge is -2.27. The van der Waals surface area contributed by atoms with Crippen molar-refractivity contribution in [3.05, 3.63) is 23.8 Å². The van der Waals surface area contributed by atoms with E-state index in [-0.39, 0.29) is 6.04 Å². The van der Waals surface area contributed by atoms with Gasteiger partial charge in [0.2, 0.25) is 0 Å². The van der Waals surface area contributed by atoms with E-state index in [1.165, 1.54) is 5.71 Å². The van der Waals surface area contributed by atoms with Gasteiger partial charge < -0.3 is 20.2 Å². The number of hydrogen-bond donors (Lipinski definition) is 2. The molecule has 2 unspecified atom stereocenters. The third-order valence-corrected chi connectivity index (χ3v) is 4.11. The van der Waals surface area contributed by atoms with E-state index in [2.05, 4.69) is 28.8 Å². The van der Waals surface area contributed by atoms with Crippen LogP contribution in [-0.4, -0.2) is 32.5 Å². The van der Waals surface area contributed by atoms with Crippen LogP contribution in [0.4, 0.5) is 0 Å². The van der Waals surface area contributed by atoms with Crippen LogP contribution in [0, 0.1) is 5.92 Å². The van der Waals surface area contributed by atoms with Crippen molar-refractivity contribution in [2.75, 3.05) is 26.8 Å². The fourth-order valence-electron chi connectivity index (χ4n) is 3.05. The number of nitrogens with zero attached hydrogens (tertiary/aromatic N) is 1. The molecule has 114 valence electrons. The molecule has 3 rings (SSSR count). The van der Waals surface area contributed by atoms with Crippen LogP contribution in [-0.2, 0) is 0 Å². The van der Waals surface area contributed by atoms with E-state index in [0.29, 0.717) is 12.5 Å². The van der Waals surface area contributed by atoms with Crippen LogP contribution in [0.1, 0.15) is 31.4 Å². The van der Waals surface area contributed by atoms with Gasteiger partial charge in [-0.1, -0.05) is 19.1 Å². The molecule has 1 saturated heterocycles. The molecule has 2 N–H and O–H groups in total. The normalized spacial score (nSPS) is 24.0. The molecule has 2 aliphatic heterocycles. The molecule has 0 aromatic heterocycles. The highest BCUT2D eigenvalue weighted by molar-refractivity contribution is 5.90. The predicted molar refractivity (Wildman–Crippen MR) is 83.1 cm³/mol. The highest BCUT2D eigenvalue weighted by Gasteiger charge is 2.36. The summed E-state index contributed by atoms with van der Waals surface area (Å²) in [6.07, 6.45) is 1.99. The van der Waals surface area contributed by atoms with E-state index in [4.69, 9.17) is 9.47 Å². The number of para-hydroxylation sites is 1. The lowest BCUT2D eigenvalue weighted by Crippen LogP contribution is -2.38. The Bertz CT molecular complexity index is 530. The van der Waals surface area contributed by atoms with Gasteiger partial charge in [0.05, 0.1) is 19.8 Å². The minimum Gasteiger partial charge on any atom is -0.493 e. The number of hydrogen-bond acceptors (Lipinski definition) is 5. The third-order valence-electron chi connectivity index (χ3n) is 4.11. The van der Waals surface area contributed by atoms with Gasteiger partial charge in [0.15, 0.2) is 11.5 Å². The summed E-state index contributed by atoms with van der Waals surface area (Å²) in [4.78, 5) is 0. The second-order valence-electron chi connectivity index (χ2n) is 5.50. The molecule has 2 heterocycles. The number of fused-ring (bicyclic) bond motifs is 1. The SMILES string of the molecule is CCCOc1c(OC)cccc1C1NN=C2CCNCC21. The third kappa shape index (κ3) is 2.70. The van der Waals surface area contributed by atoms with E-state index < -0.39 is 0 Å². The zero-order valence-corrected chi connectivity index (χ0v) is 12.7. The van der Waals surface area contributed by atoms with E-state index in [1.54, 1.807) is 7.11 Å². The number of methoxy groups -OCH3 is 1. The van der Waals surface area contributed by atoms with Gasteiger partial charge in [-0.25, -0.2) is 0 Å². The van der Waals surface area contributed by atoms with Crippen LogP contribution >= 0.6 is 0 Å². The number of ether oxygens (including phenoxy) is 2. The number of nitrogens with one attached hydrogen (secondary N) is 2. The van der Waals surface area contributed by atoms with E-state index in [1.807, 2.05) is 12.1 Å². The van der Waals surface area contributed by atoms with Crippen molar-refractivity contribution < 1.29 is 9.47 Å². The lowest BCUT2D eigenvalue weighted by molar-refractivity contribution is 0.285. The summed E-state index contributed by atoms with van der Waals surface area (Å²) < 4.78 is 11.4. The molecule has 0 amide bonds. The molecule has 0 saturated carbocycles. The Balaban J connectivity index is 1.91. The summed E-state index contributed by atoms with van der Waals surface area (Å²) in [6.45, 7) is 4.77. The van der Waals surface area contributed by atoms with Gasteiger partial charge in [-0.3, -0.25) is 0 Å². The van der Waals surface area contributed by atoms with Crippen LogP contribution in [0.25, 0.3) is 0 Å². The van der Waals surface area contributed by atoms with Crippen LogP contribution < -0.4 is 20.2 Å². The number of piperidine rings is 1. The monoisotopic (exact) mass is 289 g/mol. The predicted octanol–water partition coefficient (Wildman–Crippen LogP) is 2.09. The summed E-state index contributed by atoms with van der Waals surface area (Å²) in [7, 11) is 1.68. The minimum atomic E-state index is 0.162. The fraction of sp³-hybridized carbons (Fsp3) is 0.562. The second-order valence-corrected chi connectivity index (χ2v) is 5.50. The van der Waals surface area contributed by atoms with Gasteiger partial charge in [0.25, 0.3) is 0 Å².